The molecule has 0 aliphatic carbocycles. The van der Waals surface area contributed by atoms with E-state index in [1.165, 1.54) is 6.33 Å². The molecule has 0 radical (unpaired) electrons. The van der Waals surface area contributed by atoms with Gasteiger partial charge in [0.2, 0.25) is 5.91 Å². The average Bonchev–Trinajstić information content (AvgIpc) is 3.27. The number of carbonyl (C=O) groups is 1. The topological polar surface area (TPSA) is 132 Å². The van der Waals surface area contributed by atoms with E-state index in [-0.39, 0.29) is 12.3 Å². The average molecular weight is 379 g/mol. The van der Waals surface area contributed by atoms with Crippen molar-refractivity contribution in [3.05, 3.63) is 18.7 Å². The molecule has 0 spiro atoms. The number of piperidine rings is 1. The molecular formula is C18H21N9O. The first-order chi connectivity index (χ1) is 13.6. The fourth-order valence-corrected chi connectivity index (χ4v) is 3.69. The zero-order valence-corrected chi connectivity index (χ0v) is 15.6. The van der Waals surface area contributed by atoms with E-state index in [0.29, 0.717) is 37.0 Å². The van der Waals surface area contributed by atoms with Gasteiger partial charge in [0.25, 0.3) is 0 Å². The monoisotopic (exact) mass is 379 g/mol. The molecule has 0 aromatic carbocycles. The van der Waals surface area contributed by atoms with Crippen molar-refractivity contribution >= 4 is 22.8 Å². The zero-order valence-electron chi connectivity index (χ0n) is 15.6. The summed E-state index contributed by atoms with van der Waals surface area (Å²) in [6.45, 7) is 2.02. The molecule has 1 saturated heterocycles. The number of aromatic nitrogens is 6. The lowest BCUT2D eigenvalue weighted by molar-refractivity contribution is -0.131. The van der Waals surface area contributed by atoms with Gasteiger partial charge in [-0.25, -0.2) is 14.6 Å². The number of fused-ring (bicyclic) bond motifs is 1. The SMILES string of the molecule is Cn1cc(-c2nn(CC3CCN(C(=O)CC#N)CC3)c3ncnc(N)c23)cn1. The van der Waals surface area contributed by atoms with E-state index in [4.69, 9.17) is 16.1 Å². The molecule has 1 aliphatic heterocycles. The molecule has 144 valence electrons. The summed E-state index contributed by atoms with van der Waals surface area (Å²) in [7, 11) is 1.85. The van der Waals surface area contributed by atoms with Crippen molar-refractivity contribution in [2.24, 2.45) is 13.0 Å². The normalized spacial score (nSPS) is 15.1. The molecule has 3 aromatic rings. The van der Waals surface area contributed by atoms with Crippen LogP contribution in [0.25, 0.3) is 22.3 Å². The molecule has 28 heavy (non-hydrogen) atoms. The number of nitrogen functional groups attached to an aromatic ring is 1. The molecule has 0 atom stereocenters. The Morgan fingerprint density at radius 3 is 2.82 bits per heavy atom. The van der Waals surface area contributed by atoms with Crippen LogP contribution in [0.2, 0.25) is 0 Å². The second-order valence-corrected chi connectivity index (χ2v) is 7.05. The van der Waals surface area contributed by atoms with Crippen LogP contribution >= 0.6 is 0 Å². The van der Waals surface area contributed by atoms with E-state index in [1.54, 1.807) is 15.8 Å². The predicted molar refractivity (Wildman–Crippen MR) is 101 cm³/mol. The number of nitriles is 1. The van der Waals surface area contributed by atoms with E-state index in [2.05, 4.69) is 15.1 Å². The summed E-state index contributed by atoms with van der Waals surface area (Å²) in [4.78, 5) is 22.2. The van der Waals surface area contributed by atoms with Gasteiger partial charge in [0.05, 0.1) is 17.7 Å². The zero-order chi connectivity index (χ0) is 19.7. The van der Waals surface area contributed by atoms with Crippen molar-refractivity contribution in [1.29, 1.82) is 5.26 Å². The first-order valence-corrected chi connectivity index (χ1v) is 9.17. The number of nitrogens with zero attached hydrogens (tertiary/aromatic N) is 8. The Balaban J connectivity index is 1.58. The minimum absolute atomic E-state index is 0.0564. The smallest absolute Gasteiger partial charge is 0.236 e. The molecule has 4 rings (SSSR count). The molecule has 0 bridgehead atoms. The summed E-state index contributed by atoms with van der Waals surface area (Å²) < 4.78 is 3.60. The fourth-order valence-electron chi connectivity index (χ4n) is 3.69. The Morgan fingerprint density at radius 1 is 1.36 bits per heavy atom. The van der Waals surface area contributed by atoms with E-state index < -0.39 is 0 Å². The van der Waals surface area contributed by atoms with Crippen molar-refractivity contribution in [3.8, 4) is 17.3 Å². The highest BCUT2D eigenvalue weighted by molar-refractivity contribution is 5.97. The van der Waals surface area contributed by atoms with Crippen molar-refractivity contribution in [2.45, 2.75) is 25.8 Å². The van der Waals surface area contributed by atoms with Gasteiger partial charge in [-0.1, -0.05) is 0 Å². The standard InChI is InChI=1S/C18H21N9O/c1-25-10-13(8-23-25)16-15-17(20)21-11-22-18(15)27(24-16)9-12-3-6-26(7-4-12)14(28)2-5-19/h8,10-12H,2-4,6-7,9H2,1H3,(H2,20,21,22). The highest BCUT2D eigenvalue weighted by Crippen LogP contribution is 2.31. The number of amides is 1. The van der Waals surface area contributed by atoms with Gasteiger partial charge >= 0.3 is 0 Å². The third kappa shape index (κ3) is 3.26. The number of anilines is 1. The predicted octanol–water partition coefficient (Wildman–Crippen LogP) is 0.961. The maximum absolute atomic E-state index is 11.9. The minimum atomic E-state index is -0.0927. The number of hydrogen-bond acceptors (Lipinski definition) is 7. The molecule has 1 fully saturated rings. The maximum Gasteiger partial charge on any atom is 0.236 e. The highest BCUT2D eigenvalue weighted by atomic mass is 16.2. The Morgan fingerprint density at radius 2 is 2.14 bits per heavy atom. The van der Waals surface area contributed by atoms with Gasteiger partial charge in [0, 0.05) is 38.4 Å². The van der Waals surface area contributed by atoms with Gasteiger partial charge in [-0.2, -0.15) is 15.5 Å². The minimum Gasteiger partial charge on any atom is -0.383 e. The number of hydrogen-bond donors (Lipinski definition) is 1. The fraction of sp³-hybridized carbons (Fsp3) is 0.444. The second kappa shape index (κ2) is 7.26. The second-order valence-electron chi connectivity index (χ2n) is 7.05. The molecule has 1 aliphatic rings. The van der Waals surface area contributed by atoms with Crippen molar-refractivity contribution < 1.29 is 4.79 Å². The third-order valence-corrected chi connectivity index (χ3v) is 5.17. The molecule has 2 N–H and O–H groups in total. The van der Waals surface area contributed by atoms with Gasteiger partial charge in [0.1, 0.15) is 24.3 Å². The van der Waals surface area contributed by atoms with Crippen LogP contribution in [-0.2, 0) is 18.4 Å². The van der Waals surface area contributed by atoms with Crippen LogP contribution in [0.15, 0.2) is 18.7 Å². The summed E-state index contributed by atoms with van der Waals surface area (Å²) in [6, 6.07) is 1.92. The number of carbonyl (C=O) groups excluding carboxylic acids is 1. The van der Waals surface area contributed by atoms with E-state index in [1.807, 2.05) is 24.0 Å². The van der Waals surface area contributed by atoms with Crippen molar-refractivity contribution in [1.82, 2.24) is 34.4 Å². The summed E-state index contributed by atoms with van der Waals surface area (Å²) in [6.07, 6.45) is 6.75. The third-order valence-electron chi connectivity index (χ3n) is 5.17. The summed E-state index contributed by atoms with van der Waals surface area (Å²) >= 11 is 0. The molecule has 10 heteroatoms. The van der Waals surface area contributed by atoms with Crippen molar-refractivity contribution in [3.63, 3.8) is 0 Å². The molecular weight excluding hydrogens is 358 g/mol. The van der Waals surface area contributed by atoms with Crippen molar-refractivity contribution in [2.75, 3.05) is 18.8 Å². The van der Waals surface area contributed by atoms with Crippen LogP contribution in [0, 0.1) is 17.2 Å². The quantitative estimate of drug-likeness (QED) is 0.714. The molecule has 0 saturated carbocycles. The number of aryl methyl sites for hydroxylation is 1. The lowest BCUT2D eigenvalue weighted by atomic mass is 9.96. The van der Waals surface area contributed by atoms with Gasteiger partial charge in [-0.15, -0.1) is 0 Å². The molecule has 0 unspecified atom stereocenters. The Labute approximate surface area is 161 Å². The lowest BCUT2D eigenvalue weighted by Gasteiger charge is -2.31. The molecule has 3 aromatic heterocycles. The van der Waals surface area contributed by atoms with Gasteiger partial charge in [-0.05, 0) is 18.8 Å². The van der Waals surface area contributed by atoms with Crippen LogP contribution < -0.4 is 5.73 Å². The summed E-state index contributed by atoms with van der Waals surface area (Å²) in [5, 5.41) is 18.4. The van der Waals surface area contributed by atoms with Crippen LogP contribution in [0.1, 0.15) is 19.3 Å². The first kappa shape index (κ1) is 17.9. The van der Waals surface area contributed by atoms with Crippen LogP contribution in [0.3, 0.4) is 0 Å². The molecule has 1 amide bonds. The van der Waals surface area contributed by atoms with E-state index in [0.717, 1.165) is 29.5 Å². The Hall–Kier alpha value is -3.48. The number of rotatable bonds is 4. The summed E-state index contributed by atoms with van der Waals surface area (Å²) in [5.74, 6) is 0.670. The van der Waals surface area contributed by atoms with Gasteiger partial charge < -0.3 is 10.6 Å². The highest BCUT2D eigenvalue weighted by Gasteiger charge is 2.25. The molecule has 10 nitrogen and oxygen atoms in total. The summed E-state index contributed by atoms with van der Waals surface area (Å²) in [5.41, 5.74) is 8.42. The van der Waals surface area contributed by atoms with E-state index >= 15 is 0 Å². The largest absolute Gasteiger partial charge is 0.383 e. The Kier molecular flexibility index (Phi) is 4.65. The maximum atomic E-state index is 11.9. The number of likely N-dealkylation sites (tertiary alicyclic amines) is 1. The van der Waals surface area contributed by atoms with Crippen LogP contribution in [0.4, 0.5) is 5.82 Å². The number of nitrogens with two attached hydrogens (primary N) is 1. The van der Waals surface area contributed by atoms with Crippen LogP contribution in [0.5, 0.6) is 0 Å². The van der Waals surface area contributed by atoms with E-state index in [9.17, 15) is 4.79 Å². The first-order valence-electron chi connectivity index (χ1n) is 9.17. The molecule has 4 heterocycles. The lowest BCUT2D eigenvalue weighted by Crippen LogP contribution is -2.39. The van der Waals surface area contributed by atoms with Gasteiger partial charge in [0.15, 0.2) is 5.65 Å². The van der Waals surface area contributed by atoms with Gasteiger partial charge in [-0.3, -0.25) is 9.48 Å². The van der Waals surface area contributed by atoms with Crippen LogP contribution in [-0.4, -0.2) is 53.4 Å². The Bertz CT molecular complexity index is 1050.